The summed E-state index contributed by atoms with van der Waals surface area (Å²) in [5.74, 6) is 1.36. The fraction of sp³-hybridized carbons (Fsp3) is 0.400. The molecule has 0 aliphatic carbocycles. The Balaban J connectivity index is 1.62. The first kappa shape index (κ1) is 20.7. The normalized spacial score (nSPS) is 13.7. The molecule has 1 aromatic heterocycles. The van der Waals surface area contributed by atoms with E-state index in [0.717, 1.165) is 47.0 Å². The molecule has 0 unspecified atom stereocenters. The zero-order valence-corrected chi connectivity index (χ0v) is 17.9. The van der Waals surface area contributed by atoms with Crippen molar-refractivity contribution in [3.63, 3.8) is 0 Å². The van der Waals surface area contributed by atoms with Gasteiger partial charge in [0.15, 0.2) is 0 Å². The first-order chi connectivity index (χ1) is 13.5. The van der Waals surface area contributed by atoms with Crippen LogP contribution in [0.2, 0.25) is 0 Å². The number of nitrogens with one attached hydrogen (secondary N) is 1. The summed E-state index contributed by atoms with van der Waals surface area (Å²) in [6, 6.07) is 7.80. The molecule has 1 amide bonds. The standard InChI is InChI=1S/C20H24N2O4S2/c1-22-9-8-15-16(10-22)28-19(18(15)20(24)26-3)21-17(23)12-27-11-13-4-6-14(25-2)7-5-13/h4-7H,8-12H2,1-3H3,(H,21,23). The fourth-order valence-electron chi connectivity index (χ4n) is 3.08. The Labute approximate surface area is 173 Å². The van der Waals surface area contributed by atoms with Crippen LogP contribution in [0.4, 0.5) is 5.00 Å². The van der Waals surface area contributed by atoms with Crippen LogP contribution in [0.25, 0.3) is 0 Å². The molecule has 0 saturated carbocycles. The number of thiophene rings is 1. The molecule has 0 saturated heterocycles. The van der Waals surface area contributed by atoms with Crippen molar-refractivity contribution in [3.05, 3.63) is 45.8 Å². The van der Waals surface area contributed by atoms with Crippen LogP contribution in [0, 0.1) is 0 Å². The third-order valence-electron chi connectivity index (χ3n) is 4.55. The van der Waals surface area contributed by atoms with Crippen LogP contribution < -0.4 is 10.1 Å². The van der Waals surface area contributed by atoms with E-state index in [2.05, 4.69) is 17.3 Å². The summed E-state index contributed by atoms with van der Waals surface area (Å²) in [6.45, 7) is 1.67. The Bertz CT molecular complexity index is 849. The van der Waals surface area contributed by atoms with E-state index in [1.807, 2.05) is 24.3 Å². The van der Waals surface area contributed by atoms with Crippen molar-refractivity contribution in [2.24, 2.45) is 0 Å². The summed E-state index contributed by atoms with van der Waals surface area (Å²) in [7, 11) is 5.06. The van der Waals surface area contributed by atoms with Crippen molar-refractivity contribution < 1.29 is 19.1 Å². The predicted octanol–water partition coefficient (Wildman–Crippen LogP) is 3.40. The lowest BCUT2D eigenvalue weighted by Gasteiger charge is -2.22. The number of carbonyl (C=O) groups is 2. The lowest BCUT2D eigenvalue weighted by Crippen LogP contribution is -2.26. The second-order valence-electron chi connectivity index (χ2n) is 6.58. The molecule has 6 nitrogen and oxygen atoms in total. The average molecular weight is 421 g/mol. The highest BCUT2D eigenvalue weighted by molar-refractivity contribution is 7.99. The van der Waals surface area contributed by atoms with Gasteiger partial charge in [0.1, 0.15) is 10.8 Å². The van der Waals surface area contributed by atoms with Crippen LogP contribution >= 0.6 is 23.1 Å². The highest BCUT2D eigenvalue weighted by atomic mass is 32.2. The molecule has 1 N–H and O–H groups in total. The smallest absolute Gasteiger partial charge is 0.341 e. The second-order valence-corrected chi connectivity index (χ2v) is 8.67. The Morgan fingerprint density at radius 2 is 2.00 bits per heavy atom. The minimum atomic E-state index is -0.386. The molecular weight excluding hydrogens is 396 g/mol. The molecule has 150 valence electrons. The lowest BCUT2D eigenvalue weighted by molar-refractivity contribution is -0.113. The highest BCUT2D eigenvalue weighted by Crippen LogP contribution is 2.37. The van der Waals surface area contributed by atoms with Crippen LogP contribution in [0.5, 0.6) is 5.75 Å². The maximum atomic E-state index is 12.4. The Morgan fingerprint density at radius 1 is 1.25 bits per heavy atom. The van der Waals surface area contributed by atoms with Gasteiger partial charge in [-0.25, -0.2) is 4.79 Å². The van der Waals surface area contributed by atoms with Gasteiger partial charge in [-0.1, -0.05) is 12.1 Å². The number of benzene rings is 1. The molecule has 1 aliphatic heterocycles. The summed E-state index contributed by atoms with van der Waals surface area (Å²) in [4.78, 5) is 28.0. The summed E-state index contributed by atoms with van der Waals surface area (Å²) in [5.41, 5.74) is 2.66. The average Bonchev–Trinajstić information content (AvgIpc) is 3.04. The third kappa shape index (κ3) is 4.87. The van der Waals surface area contributed by atoms with Crippen molar-refractivity contribution in [1.29, 1.82) is 0 Å². The summed E-state index contributed by atoms with van der Waals surface area (Å²) >= 11 is 3.00. The molecule has 0 spiro atoms. The number of rotatable bonds is 7. The molecule has 3 rings (SSSR count). The molecule has 0 bridgehead atoms. The number of carbonyl (C=O) groups excluding carboxylic acids is 2. The van der Waals surface area contributed by atoms with Gasteiger partial charge >= 0.3 is 5.97 Å². The number of esters is 1. The van der Waals surface area contributed by atoms with Crippen LogP contribution in [0.3, 0.4) is 0 Å². The summed E-state index contributed by atoms with van der Waals surface area (Å²) in [6.07, 6.45) is 0.787. The molecule has 0 fully saturated rings. The van der Waals surface area contributed by atoms with E-state index < -0.39 is 0 Å². The minimum Gasteiger partial charge on any atom is -0.497 e. The van der Waals surface area contributed by atoms with Crippen molar-refractivity contribution in [2.45, 2.75) is 18.7 Å². The molecule has 2 heterocycles. The number of thioether (sulfide) groups is 1. The van der Waals surface area contributed by atoms with Crippen molar-refractivity contribution in [2.75, 3.05) is 38.9 Å². The zero-order valence-electron chi connectivity index (χ0n) is 16.2. The Hall–Kier alpha value is -2.03. The van der Waals surface area contributed by atoms with Crippen molar-refractivity contribution in [3.8, 4) is 5.75 Å². The summed E-state index contributed by atoms with van der Waals surface area (Å²) in [5, 5.41) is 3.52. The molecular formula is C20H24N2O4S2. The predicted molar refractivity (Wildman–Crippen MR) is 113 cm³/mol. The van der Waals surface area contributed by atoms with Gasteiger partial charge in [-0.2, -0.15) is 0 Å². The zero-order chi connectivity index (χ0) is 20.1. The molecule has 0 radical (unpaired) electrons. The first-order valence-corrected chi connectivity index (χ1v) is 10.9. The van der Waals surface area contributed by atoms with Crippen LogP contribution in [-0.2, 0) is 28.2 Å². The molecule has 2 aromatic rings. The Kier molecular flexibility index (Phi) is 6.98. The number of hydrogen-bond donors (Lipinski definition) is 1. The number of fused-ring (bicyclic) bond motifs is 1. The number of nitrogens with zero attached hydrogens (tertiary/aromatic N) is 1. The van der Waals surface area contributed by atoms with E-state index >= 15 is 0 Å². The van der Waals surface area contributed by atoms with Gasteiger partial charge in [-0.3, -0.25) is 4.79 Å². The maximum Gasteiger partial charge on any atom is 0.341 e. The second kappa shape index (κ2) is 9.45. The quantitative estimate of drug-likeness (QED) is 0.693. The Morgan fingerprint density at radius 3 is 2.68 bits per heavy atom. The molecule has 1 aromatic carbocycles. The van der Waals surface area contributed by atoms with Crippen molar-refractivity contribution in [1.82, 2.24) is 4.90 Å². The van der Waals surface area contributed by atoms with E-state index in [1.54, 1.807) is 7.11 Å². The highest BCUT2D eigenvalue weighted by Gasteiger charge is 2.28. The van der Waals surface area contributed by atoms with Gasteiger partial charge in [0.2, 0.25) is 5.91 Å². The van der Waals surface area contributed by atoms with E-state index in [9.17, 15) is 9.59 Å². The first-order valence-electron chi connectivity index (χ1n) is 8.93. The van der Waals surface area contributed by atoms with E-state index in [1.165, 1.54) is 30.2 Å². The van der Waals surface area contributed by atoms with Crippen LogP contribution in [0.1, 0.15) is 26.4 Å². The molecule has 1 aliphatic rings. The van der Waals surface area contributed by atoms with Crippen LogP contribution in [-0.4, -0.2) is 50.3 Å². The number of methoxy groups -OCH3 is 2. The molecule has 28 heavy (non-hydrogen) atoms. The number of likely N-dealkylation sites (N-methyl/N-ethyl adjacent to an activating group) is 1. The largest absolute Gasteiger partial charge is 0.497 e. The monoisotopic (exact) mass is 420 g/mol. The molecule has 0 atom stereocenters. The number of ether oxygens (including phenoxy) is 2. The number of amides is 1. The van der Waals surface area contributed by atoms with Gasteiger partial charge in [-0.05, 0) is 36.7 Å². The van der Waals surface area contributed by atoms with Crippen LogP contribution in [0.15, 0.2) is 24.3 Å². The minimum absolute atomic E-state index is 0.115. The van der Waals surface area contributed by atoms with E-state index in [-0.39, 0.29) is 11.9 Å². The van der Waals surface area contributed by atoms with Gasteiger partial charge in [0.25, 0.3) is 0 Å². The maximum absolute atomic E-state index is 12.4. The van der Waals surface area contributed by atoms with Gasteiger partial charge < -0.3 is 19.7 Å². The van der Waals surface area contributed by atoms with E-state index in [0.29, 0.717) is 16.3 Å². The van der Waals surface area contributed by atoms with Gasteiger partial charge in [0.05, 0.1) is 25.5 Å². The number of hydrogen-bond acceptors (Lipinski definition) is 7. The van der Waals surface area contributed by atoms with E-state index in [4.69, 9.17) is 9.47 Å². The number of anilines is 1. The van der Waals surface area contributed by atoms with Crippen molar-refractivity contribution >= 4 is 40.0 Å². The topological polar surface area (TPSA) is 67.9 Å². The SMILES string of the molecule is COC(=O)c1c(NC(=O)CSCc2ccc(OC)cc2)sc2c1CCN(C)C2. The fourth-order valence-corrected chi connectivity index (χ4v) is 5.20. The lowest BCUT2D eigenvalue weighted by atomic mass is 10.0. The van der Waals surface area contributed by atoms with Gasteiger partial charge in [0, 0.05) is 23.7 Å². The third-order valence-corrected chi connectivity index (χ3v) is 6.69. The summed E-state index contributed by atoms with van der Waals surface area (Å²) < 4.78 is 10.1. The molecule has 8 heteroatoms. The van der Waals surface area contributed by atoms with Gasteiger partial charge in [-0.15, -0.1) is 23.1 Å².